The Balaban J connectivity index is 3.25. The number of rotatable bonds is 1. The first kappa shape index (κ1) is 9.63. The van der Waals surface area contributed by atoms with E-state index in [1.54, 1.807) is 6.07 Å². The van der Waals surface area contributed by atoms with Crippen LogP contribution in [0.25, 0.3) is 0 Å². The number of benzene rings is 1. The van der Waals surface area contributed by atoms with Crippen molar-refractivity contribution in [1.29, 1.82) is 0 Å². The monoisotopic (exact) mass is 380 g/mol. The first-order chi connectivity index (χ1) is 5.15. The zero-order chi connectivity index (χ0) is 8.43. The zero-order valence-electron chi connectivity index (χ0n) is 5.37. The maximum Gasteiger partial charge on any atom is 0.131 e. The molecule has 0 bridgehead atoms. The number of hydrogen-bond acceptors (Lipinski definition) is 0. The largest absolute Gasteiger partial charge is 0.246 e. The van der Waals surface area contributed by atoms with Crippen molar-refractivity contribution in [1.82, 2.24) is 0 Å². The van der Waals surface area contributed by atoms with Gasteiger partial charge in [-0.15, -0.1) is 0 Å². The Morgan fingerprint density at radius 2 is 1.91 bits per heavy atom. The summed E-state index contributed by atoms with van der Waals surface area (Å²) in [7, 11) is 0. The highest BCUT2D eigenvalue weighted by molar-refractivity contribution is 14.1. The van der Waals surface area contributed by atoms with Crippen molar-refractivity contribution in [2.24, 2.45) is 0 Å². The Kier molecular flexibility index (Phi) is 3.48. The molecule has 0 aliphatic carbocycles. The SMILES string of the molecule is FCc1c(F)cc(I)cc1I. The fraction of sp³-hybridized carbons (Fsp3) is 0.143. The third-order valence-electron chi connectivity index (χ3n) is 1.24. The molecule has 0 atom stereocenters. The quantitative estimate of drug-likeness (QED) is 0.655. The highest BCUT2D eigenvalue weighted by Crippen LogP contribution is 2.20. The van der Waals surface area contributed by atoms with Crippen LogP contribution in [0, 0.1) is 13.0 Å². The summed E-state index contributed by atoms with van der Waals surface area (Å²) in [5.41, 5.74) is 0.158. The Morgan fingerprint density at radius 3 is 2.36 bits per heavy atom. The molecule has 0 saturated heterocycles. The van der Waals surface area contributed by atoms with Crippen molar-refractivity contribution in [3.05, 3.63) is 30.7 Å². The Bertz CT molecular complexity index is 250. The predicted molar refractivity (Wildman–Crippen MR) is 56.6 cm³/mol. The number of hydrogen-bond donors (Lipinski definition) is 0. The van der Waals surface area contributed by atoms with E-state index in [0.717, 1.165) is 3.57 Å². The molecule has 4 heteroatoms. The fourth-order valence-electron chi connectivity index (χ4n) is 0.700. The molecule has 0 amide bonds. The van der Waals surface area contributed by atoms with E-state index in [-0.39, 0.29) is 5.56 Å². The molecule has 1 aromatic carbocycles. The summed E-state index contributed by atoms with van der Waals surface area (Å²) in [6, 6.07) is 3.08. The molecule has 0 aliphatic heterocycles. The maximum atomic E-state index is 12.9. The molecule has 0 N–H and O–H groups in total. The fourth-order valence-corrected chi connectivity index (χ4v) is 2.62. The second-order valence-corrected chi connectivity index (χ2v) is 4.39. The van der Waals surface area contributed by atoms with Crippen molar-refractivity contribution in [2.75, 3.05) is 0 Å². The predicted octanol–water partition coefficient (Wildman–Crippen LogP) is 3.50. The van der Waals surface area contributed by atoms with Gasteiger partial charge in [0.25, 0.3) is 0 Å². The lowest BCUT2D eigenvalue weighted by Gasteiger charge is -2.01. The van der Waals surface area contributed by atoms with Crippen LogP contribution in [0.3, 0.4) is 0 Å². The van der Waals surface area contributed by atoms with Gasteiger partial charge in [-0.05, 0) is 57.3 Å². The van der Waals surface area contributed by atoms with Crippen LogP contribution < -0.4 is 0 Å². The second-order valence-electron chi connectivity index (χ2n) is 1.98. The highest BCUT2D eigenvalue weighted by Gasteiger charge is 2.06. The molecule has 0 fully saturated rings. The molecule has 0 unspecified atom stereocenters. The van der Waals surface area contributed by atoms with E-state index in [4.69, 9.17) is 0 Å². The van der Waals surface area contributed by atoms with Gasteiger partial charge in [0.15, 0.2) is 0 Å². The van der Waals surface area contributed by atoms with E-state index in [2.05, 4.69) is 0 Å². The van der Waals surface area contributed by atoms with Crippen molar-refractivity contribution in [2.45, 2.75) is 6.67 Å². The van der Waals surface area contributed by atoms with E-state index in [9.17, 15) is 8.78 Å². The summed E-state index contributed by atoms with van der Waals surface area (Å²) in [4.78, 5) is 0. The van der Waals surface area contributed by atoms with Crippen LogP contribution in [0.1, 0.15) is 5.56 Å². The van der Waals surface area contributed by atoms with Crippen LogP contribution in [-0.2, 0) is 6.67 Å². The minimum absolute atomic E-state index is 0.158. The third kappa shape index (κ3) is 2.24. The normalized spacial score (nSPS) is 10.2. The lowest BCUT2D eigenvalue weighted by atomic mass is 10.2. The van der Waals surface area contributed by atoms with Gasteiger partial charge in [0.2, 0.25) is 0 Å². The van der Waals surface area contributed by atoms with Crippen LogP contribution in [-0.4, -0.2) is 0 Å². The minimum atomic E-state index is -0.735. The highest BCUT2D eigenvalue weighted by atomic mass is 127. The Labute approximate surface area is 90.7 Å². The molecule has 11 heavy (non-hydrogen) atoms. The average molecular weight is 380 g/mol. The van der Waals surface area contributed by atoms with Gasteiger partial charge in [-0.1, -0.05) is 0 Å². The van der Waals surface area contributed by atoms with Crippen molar-refractivity contribution >= 4 is 45.2 Å². The summed E-state index contributed by atoms with van der Waals surface area (Å²) < 4.78 is 26.4. The van der Waals surface area contributed by atoms with Gasteiger partial charge < -0.3 is 0 Å². The van der Waals surface area contributed by atoms with Gasteiger partial charge in [-0.25, -0.2) is 8.78 Å². The maximum absolute atomic E-state index is 12.9. The molecule has 1 rings (SSSR count). The molecule has 0 aliphatic rings. The van der Waals surface area contributed by atoms with Gasteiger partial charge >= 0.3 is 0 Å². The van der Waals surface area contributed by atoms with Gasteiger partial charge in [0.1, 0.15) is 12.5 Å². The summed E-state index contributed by atoms with van der Waals surface area (Å²) in [5.74, 6) is -0.455. The lowest BCUT2D eigenvalue weighted by Crippen LogP contribution is -1.92. The summed E-state index contributed by atoms with van der Waals surface area (Å²) >= 11 is 3.92. The van der Waals surface area contributed by atoms with Crippen molar-refractivity contribution < 1.29 is 8.78 Å². The van der Waals surface area contributed by atoms with Gasteiger partial charge in [0, 0.05) is 12.7 Å². The van der Waals surface area contributed by atoms with E-state index in [1.807, 2.05) is 45.2 Å². The third-order valence-corrected chi connectivity index (χ3v) is 2.82. The van der Waals surface area contributed by atoms with Crippen molar-refractivity contribution in [3.8, 4) is 0 Å². The second kappa shape index (κ2) is 3.97. The Hall–Kier alpha value is 0.540. The molecule has 0 spiro atoms. The topological polar surface area (TPSA) is 0 Å². The van der Waals surface area contributed by atoms with Gasteiger partial charge in [-0.3, -0.25) is 0 Å². The first-order valence-corrected chi connectivity index (χ1v) is 5.00. The molecule has 0 saturated carbocycles. The van der Waals surface area contributed by atoms with E-state index < -0.39 is 12.5 Å². The molecule has 0 radical (unpaired) electrons. The van der Waals surface area contributed by atoms with Crippen LogP contribution in [0.5, 0.6) is 0 Å². The lowest BCUT2D eigenvalue weighted by molar-refractivity contribution is 0.461. The number of alkyl halides is 1. The summed E-state index contributed by atoms with van der Waals surface area (Å²) in [6.45, 7) is -0.735. The van der Waals surface area contributed by atoms with E-state index in [0.29, 0.717) is 3.57 Å². The zero-order valence-corrected chi connectivity index (χ0v) is 9.69. The minimum Gasteiger partial charge on any atom is -0.246 e. The standard InChI is InChI=1S/C7H4F2I2/c8-3-5-6(9)1-4(10)2-7(5)11/h1-2H,3H2. The van der Waals surface area contributed by atoms with Crippen LogP contribution in [0.4, 0.5) is 8.78 Å². The Morgan fingerprint density at radius 1 is 1.27 bits per heavy atom. The first-order valence-electron chi connectivity index (χ1n) is 2.84. The number of halogens is 4. The van der Waals surface area contributed by atoms with E-state index in [1.165, 1.54) is 6.07 Å². The van der Waals surface area contributed by atoms with Gasteiger partial charge in [-0.2, -0.15) is 0 Å². The van der Waals surface area contributed by atoms with Crippen LogP contribution in [0.15, 0.2) is 12.1 Å². The summed E-state index contributed by atoms with van der Waals surface area (Å²) in [6.07, 6.45) is 0. The molecule has 0 aromatic heterocycles. The molecule has 60 valence electrons. The van der Waals surface area contributed by atoms with Gasteiger partial charge in [0.05, 0.1) is 0 Å². The van der Waals surface area contributed by atoms with E-state index >= 15 is 0 Å². The van der Waals surface area contributed by atoms with Crippen LogP contribution in [0.2, 0.25) is 0 Å². The summed E-state index contributed by atoms with van der Waals surface area (Å²) in [5, 5.41) is 0. The molecular weight excluding hydrogens is 376 g/mol. The smallest absolute Gasteiger partial charge is 0.131 e. The van der Waals surface area contributed by atoms with Crippen molar-refractivity contribution in [3.63, 3.8) is 0 Å². The van der Waals surface area contributed by atoms with Crippen LogP contribution >= 0.6 is 45.2 Å². The molecule has 0 nitrogen and oxygen atoms in total. The molecule has 1 aromatic rings. The molecular formula is C7H4F2I2. The molecule has 0 heterocycles. The average Bonchev–Trinajstić information content (AvgIpc) is 1.85.